The van der Waals surface area contributed by atoms with E-state index in [2.05, 4.69) is 11.1 Å². The normalized spacial score (nSPS) is 15.2. The smallest absolute Gasteiger partial charge is 0.227 e. The summed E-state index contributed by atoms with van der Waals surface area (Å²) in [5, 5.41) is 1.13. The Morgan fingerprint density at radius 2 is 2.00 bits per heavy atom. The highest BCUT2D eigenvalue weighted by Crippen LogP contribution is 2.27. The molecular formula is C20H22N2O2. The summed E-state index contributed by atoms with van der Waals surface area (Å²) in [6, 6.07) is 12.3. The maximum Gasteiger partial charge on any atom is 0.227 e. The molecule has 1 aromatic carbocycles. The van der Waals surface area contributed by atoms with Gasteiger partial charge in [-0.2, -0.15) is 0 Å². The van der Waals surface area contributed by atoms with Gasteiger partial charge in [0, 0.05) is 23.1 Å². The van der Waals surface area contributed by atoms with Gasteiger partial charge in [-0.05, 0) is 36.6 Å². The summed E-state index contributed by atoms with van der Waals surface area (Å²) in [7, 11) is 0. The number of H-pyrrole nitrogens is 1. The van der Waals surface area contributed by atoms with Crippen LogP contribution in [-0.2, 0) is 17.8 Å². The number of hydrogen-bond donors (Lipinski definition) is 1. The number of hydrogen-bond acceptors (Lipinski definition) is 2. The van der Waals surface area contributed by atoms with Gasteiger partial charge < -0.3 is 14.3 Å². The van der Waals surface area contributed by atoms with E-state index in [9.17, 15) is 4.79 Å². The second-order valence-corrected chi connectivity index (χ2v) is 6.58. The third-order valence-electron chi connectivity index (χ3n) is 5.01. The lowest BCUT2D eigenvalue weighted by molar-refractivity contribution is -0.133. The van der Waals surface area contributed by atoms with Gasteiger partial charge in [0.1, 0.15) is 5.76 Å². The zero-order valence-electron chi connectivity index (χ0n) is 13.7. The van der Waals surface area contributed by atoms with E-state index in [0.717, 1.165) is 35.1 Å². The fourth-order valence-electron chi connectivity index (χ4n) is 3.75. The number of aromatic nitrogens is 1. The Balaban J connectivity index is 1.56. The summed E-state index contributed by atoms with van der Waals surface area (Å²) in [6.45, 7) is 0.568. The molecule has 0 bridgehead atoms. The molecule has 4 nitrogen and oxygen atoms in total. The molecule has 0 aliphatic heterocycles. The Morgan fingerprint density at radius 1 is 1.17 bits per heavy atom. The van der Waals surface area contributed by atoms with E-state index in [1.165, 1.54) is 12.8 Å². The van der Waals surface area contributed by atoms with E-state index in [-0.39, 0.29) is 5.91 Å². The summed E-state index contributed by atoms with van der Waals surface area (Å²) in [5.41, 5.74) is 2.15. The molecule has 3 aromatic rings. The Hall–Kier alpha value is -2.49. The van der Waals surface area contributed by atoms with E-state index in [0.29, 0.717) is 19.0 Å². The van der Waals surface area contributed by atoms with Crippen LogP contribution in [0, 0.1) is 0 Å². The van der Waals surface area contributed by atoms with Crippen molar-refractivity contribution in [2.24, 2.45) is 0 Å². The molecule has 0 spiro atoms. The number of rotatable bonds is 5. The van der Waals surface area contributed by atoms with Gasteiger partial charge in [0.15, 0.2) is 0 Å². The van der Waals surface area contributed by atoms with E-state index >= 15 is 0 Å². The van der Waals surface area contributed by atoms with E-state index in [1.807, 2.05) is 41.4 Å². The highest BCUT2D eigenvalue weighted by Gasteiger charge is 2.27. The summed E-state index contributed by atoms with van der Waals surface area (Å²) in [5.74, 6) is 1.04. The van der Waals surface area contributed by atoms with Crippen LogP contribution in [0.25, 0.3) is 10.9 Å². The minimum Gasteiger partial charge on any atom is -0.467 e. The van der Waals surface area contributed by atoms with Crippen LogP contribution in [0.5, 0.6) is 0 Å². The van der Waals surface area contributed by atoms with Crippen LogP contribution in [0.15, 0.2) is 53.3 Å². The molecule has 4 rings (SSSR count). The van der Waals surface area contributed by atoms with Crippen LogP contribution in [0.3, 0.4) is 0 Å². The monoisotopic (exact) mass is 322 g/mol. The van der Waals surface area contributed by atoms with Gasteiger partial charge in [0.2, 0.25) is 5.91 Å². The molecule has 1 saturated carbocycles. The molecule has 1 aliphatic rings. The molecular weight excluding hydrogens is 300 g/mol. The number of aromatic amines is 1. The molecule has 0 unspecified atom stereocenters. The molecule has 0 saturated heterocycles. The molecule has 2 heterocycles. The van der Waals surface area contributed by atoms with Crippen molar-refractivity contribution in [3.8, 4) is 0 Å². The summed E-state index contributed by atoms with van der Waals surface area (Å²) in [4.78, 5) is 18.3. The van der Waals surface area contributed by atoms with Crippen molar-refractivity contribution in [3.63, 3.8) is 0 Å². The van der Waals surface area contributed by atoms with Crippen molar-refractivity contribution in [2.75, 3.05) is 0 Å². The summed E-state index contributed by atoms with van der Waals surface area (Å²) in [6.07, 6.45) is 8.68. The maximum absolute atomic E-state index is 13.0. The van der Waals surface area contributed by atoms with Gasteiger partial charge in [-0.25, -0.2) is 0 Å². The van der Waals surface area contributed by atoms with Crippen molar-refractivity contribution in [1.82, 2.24) is 9.88 Å². The number of carbonyl (C=O) groups is 1. The molecule has 2 aromatic heterocycles. The van der Waals surface area contributed by atoms with Gasteiger partial charge in [0.25, 0.3) is 0 Å². The SMILES string of the molecule is O=C(Cc1c[nH]c2ccccc12)N(Cc1ccco1)C1CCCC1. The van der Waals surface area contributed by atoms with E-state index in [4.69, 9.17) is 4.42 Å². The average Bonchev–Trinajstić information content (AvgIpc) is 3.35. The largest absolute Gasteiger partial charge is 0.467 e. The zero-order valence-corrected chi connectivity index (χ0v) is 13.7. The van der Waals surface area contributed by atoms with Crippen LogP contribution in [-0.4, -0.2) is 21.8 Å². The molecule has 0 radical (unpaired) electrons. The predicted molar refractivity (Wildman–Crippen MR) is 93.5 cm³/mol. The summed E-state index contributed by atoms with van der Waals surface area (Å²) >= 11 is 0. The van der Waals surface area contributed by atoms with Crippen molar-refractivity contribution in [1.29, 1.82) is 0 Å². The fraction of sp³-hybridized carbons (Fsp3) is 0.350. The predicted octanol–water partition coefficient (Wildman–Crippen LogP) is 4.27. The van der Waals surface area contributed by atoms with Crippen LogP contribution in [0.4, 0.5) is 0 Å². The minimum absolute atomic E-state index is 0.183. The highest BCUT2D eigenvalue weighted by atomic mass is 16.3. The number of para-hydroxylation sites is 1. The number of fused-ring (bicyclic) bond motifs is 1. The third-order valence-corrected chi connectivity index (χ3v) is 5.01. The second-order valence-electron chi connectivity index (χ2n) is 6.58. The first kappa shape index (κ1) is 15.1. The fourth-order valence-corrected chi connectivity index (χ4v) is 3.75. The Bertz CT molecular complexity index is 813. The molecule has 1 N–H and O–H groups in total. The number of furan rings is 1. The minimum atomic E-state index is 0.183. The lowest BCUT2D eigenvalue weighted by Gasteiger charge is -2.28. The first-order valence-electron chi connectivity index (χ1n) is 8.68. The molecule has 1 fully saturated rings. The lowest BCUT2D eigenvalue weighted by Crippen LogP contribution is -2.39. The van der Waals surface area contributed by atoms with Crippen LogP contribution in [0.1, 0.15) is 37.0 Å². The van der Waals surface area contributed by atoms with Crippen molar-refractivity contribution in [2.45, 2.75) is 44.7 Å². The standard InChI is InChI=1S/C20H22N2O2/c23-20(12-15-13-21-19-10-4-3-9-18(15)19)22(16-6-1-2-7-16)14-17-8-5-11-24-17/h3-5,8-11,13,16,21H,1-2,6-7,12,14H2. The van der Waals surface area contributed by atoms with Crippen molar-refractivity contribution >= 4 is 16.8 Å². The molecule has 24 heavy (non-hydrogen) atoms. The van der Waals surface area contributed by atoms with Gasteiger partial charge in [-0.1, -0.05) is 31.0 Å². The molecule has 0 atom stereocenters. The number of nitrogens with zero attached hydrogens (tertiary/aromatic N) is 1. The number of nitrogens with one attached hydrogen (secondary N) is 1. The molecule has 4 heteroatoms. The Kier molecular flexibility index (Phi) is 4.11. The second kappa shape index (κ2) is 6.56. The first-order chi connectivity index (χ1) is 11.8. The van der Waals surface area contributed by atoms with Crippen LogP contribution >= 0.6 is 0 Å². The quantitative estimate of drug-likeness (QED) is 0.762. The van der Waals surface area contributed by atoms with Gasteiger partial charge in [-0.15, -0.1) is 0 Å². The molecule has 1 aliphatic carbocycles. The maximum atomic E-state index is 13.0. The van der Waals surface area contributed by atoms with Crippen LogP contribution < -0.4 is 0 Å². The Labute approximate surface area is 141 Å². The highest BCUT2D eigenvalue weighted by molar-refractivity contribution is 5.89. The zero-order chi connectivity index (χ0) is 16.4. The van der Waals surface area contributed by atoms with Gasteiger partial charge >= 0.3 is 0 Å². The summed E-state index contributed by atoms with van der Waals surface area (Å²) < 4.78 is 5.48. The molecule has 124 valence electrons. The number of amides is 1. The lowest BCUT2D eigenvalue weighted by atomic mass is 10.1. The topological polar surface area (TPSA) is 49.2 Å². The Morgan fingerprint density at radius 3 is 2.79 bits per heavy atom. The molecule has 1 amide bonds. The first-order valence-corrected chi connectivity index (χ1v) is 8.68. The van der Waals surface area contributed by atoms with Crippen LogP contribution in [0.2, 0.25) is 0 Å². The third kappa shape index (κ3) is 2.96. The van der Waals surface area contributed by atoms with E-state index in [1.54, 1.807) is 6.26 Å². The van der Waals surface area contributed by atoms with Gasteiger partial charge in [-0.3, -0.25) is 4.79 Å². The van der Waals surface area contributed by atoms with Gasteiger partial charge in [0.05, 0.1) is 19.2 Å². The van der Waals surface area contributed by atoms with Crippen molar-refractivity contribution < 1.29 is 9.21 Å². The number of benzene rings is 1. The number of carbonyl (C=O) groups excluding carboxylic acids is 1. The average molecular weight is 322 g/mol. The van der Waals surface area contributed by atoms with Crippen molar-refractivity contribution in [3.05, 3.63) is 60.2 Å². The van der Waals surface area contributed by atoms with E-state index < -0.39 is 0 Å².